The van der Waals surface area contributed by atoms with Gasteiger partial charge in [-0.3, -0.25) is 4.98 Å². The molecule has 0 aromatic carbocycles. The fourth-order valence-electron chi connectivity index (χ4n) is 6.70. The van der Waals surface area contributed by atoms with Crippen molar-refractivity contribution >= 4 is 5.97 Å². The van der Waals surface area contributed by atoms with Gasteiger partial charge in [0.25, 0.3) is 0 Å². The van der Waals surface area contributed by atoms with E-state index in [2.05, 4.69) is 25.1 Å². The molecule has 5 aliphatic rings. The van der Waals surface area contributed by atoms with Crippen LogP contribution in [0.25, 0.3) is 0 Å². The van der Waals surface area contributed by atoms with E-state index in [9.17, 15) is 4.79 Å². The SMILES string of the molecule is COC(=O)C1=CC23CCCCC2C2CC(c4cccc(C)n4)C(C)(O3)C12. The van der Waals surface area contributed by atoms with Gasteiger partial charge in [-0.1, -0.05) is 18.9 Å². The average molecular weight is 353 g/mol. The van der Waals surface area contributed by atoms with Crippen molar-refractivity contribution in [3.8, 4) is 0 Å². The molecule has 0 amide bonds. The second-order valence-electron chi connectivity index (χ2n) is 8.82. The first kappa shape index (κ1) is 16.5. The fourth-order valence-corrected chi connectivity index (χ4v) is 6.70. The smallest absolute Gasteiger partial charge is 0.333 e. The van der Waals surface area contributed by atoms with Gasteiger partial charge in [0.15, 0.2) is 0 Å². The minimum Gasteiger partial charge on any atom is -0.466 e. The van der Waals surface area contributed by atoms with Crippen LogP contribution in [0.3, 0.4) is 0 Å². The van der Waals surface area contributed by atoms with Crippen LogP contribution < -0.4 is 0 Å². The number of carbonyl (C=O) groups is 1. The Kier molecular flexibility index (Phi) is 3.43. The molecule has 3 fully saturated rings. The highest BCUT2D eigenvalue weighted by atomic mass is 16.5. The number of aromatic nitrogens is 1. The lowest BCUT2D eigenvalue weighted by atomic mass is 9.56. The Morgan fingerprint density at radius 3 is 2.96 bits per heavy atom. The van der Waals surface area contributed by atoms with E-state index in [1.165, 1.54) is 26.4 Å². The molecular formula is C22H27NO3. The maximum absolute atomic E-state index is 12.6. The summed E-state index contributed by atoms with van der Waals surface area (Å²) in [7, 11) is 1.49. The molecule has 1 spiro atoms. The van der Waals surface area contributed by atoms with Crippen molar-refractivity contribution in [1.82, 2.24) is 4.98 Å². The lowest BCUT2D eigenvalue weighted by Gasteiger charge is -2.60. The zero-order chi connectivity index (χ0) is 18.1. The van der Waals surface area contributed by atoms with Gasteiger partial charge in [-0.15, -0.1) is 0 Å². The van der Waals surface area contributed by atoms with Crippen LogP contribution in [0.15, 0.2) is 29.8 Å². The van der Waals surface area contributed by atoms with Crippen LogP contribution in [-0.2, 0) is 14.3 Å². The Balaban J connectivity index is 1.66. The molecule has 3 heterocycles. The molecule has 6 atom stereocenters. The predicted octanol–water partition coefficient (Wildman–Crippen LogP) is 3.94. The highest BCUT2D eigenvalue weighted by molar-refractivity contribution is 5.90. The Morgan fingerprint density at radius 1 is 1.35 bits per heavy atom. The van der Waals surface area contributed by atoms with Crippen molar-refractivity contribution < 1.29 is 14.3 Å². The summed E-state index contributed by atoms with van der Waals surface area (Å²) in [6, 6.07) is 6.26. The van der Waals surface area contributed by atoms with Crippen molar-refractivity contribution in [3.63, 3.8) is 0 Å². The van der Waals surface area contributed by atoms with Gasteiger partial charge in [0.2, 0.25) is 0 Å². The van der Waals surface area contributed by atoms with Crippen LogP contribution in [-0.4, -0.2) is 29.3 Å². The molecular weight excluding hydrogens is 326 g/mol. The van der Waals surface area contributed by atoms with Gasteiger partial charge in [-0.2, -0.15) is 0 Å². The fraction of sp³-hybridized carbons (Fsp3) is 0.636. The molecule has 1 aromatic heterocycles. The van der Waals surface area contributed by atoms with Crippen molar-refractivity contribution in [3.05, 3.63) is 41.2 Å². The summed E-state index contributed by atoms with van der Waals surface area (Å²) in [5, 5.41) is 0. The molecule has 4 bridgehead atoms. The molecule has 1 aromatic rings. The van der Waals surface area contributed by atoms with Gasteiger partial charge < -0.3 is 9.47 Å². The summed E-state index contributed by atoms with van der Waals surface area (Å²) >= 11 is 0. The van der Waals surface area contributed by atoms with E-state index in [-0.39, 0.29) is 29.0 Å². The summed E-state index contributed by atoms with van der Waals surface area (Å²) in [5.74, 6) is 1.19. The predicted molar refractivity (Wildman–Crippen MR) is 97.6 cm³/mol. The summed E-state index contributed by atoms with van der Waals surface area (Å²) in [6.07, 6.45) is 7.86. The zero-order valence-electron chi connectivity index (χ0n) is 15.8. The van der Waals surface area contributed by atoms with Gasteiger partial charge in [0.05, 0.1) is 18.3 Å². The topological polar surface area (TPSA) is 48.4 Å². The second kappa shape index (κ2) is 5.41. The van der Waals surface area contributed by atoms with Gasteiger partial charge in [-0.05, 0) is 63.2 Å². The van der Waals surface area contributed by atoms with Crippen molar-refractivity contribution in [2.45, 2.75) is 63.1 Å². The number of nitrogens with zero attached hydrogens (tertiary/aromatic N) is 1. The monoisotopic (exact) mass is 353 g/mol. The lowest BCUT2D eigenvalue weighted by molar-refractivity contribution is -0.233. The van der Waals surface area contributed by atoms with Crippen LogP contribution >= 0.6 is 0 Å². The number of pyridine rings is 1. The Hall–Kier alpha value is -1.68. The molecule has 0 N–H and O–H groups in total. The molecule has 138 valence electrons. The first-order chi connectivity index (χ1) is 12.5. The van der Waals surface area contributed by atoms with Gasteiger partial charge in [0.1, 0.15) is 0 Å². The molecule has 6 rings (SSSR count). The van der Waals surface area contributed by atoms with E-state index >= 15 is 0 Å². The number of aryl methyl sites for hydroxylation is 1. The van der Waals surface area contributed by atoms with Gasteiger partial charge in [-0.25, -0.2) is 4.79 Å². The number of esters is 1. The molecule has 0 radical (unpaired) electrons. The molecule has 3 aliphatic carbocycles. The summed E-state index contributed by atoms with van der Waals surface area (Å²) in [4.78, 5) is 17.5. The summed E-state index contributed by atoms with van der Waals surface area (Å²) < 4.78 is 12.1. The first-order valence-corrected chi connectivity index (χ1v) is 9.93. The third-order valence-electron chi connectivity index (χ3n) is 7.56. The van der Waals surface area contributed by atoms with E-state index in [0.29, 0.717) is 11.8 Å². The van der Waals surface area contributed by atoms with Crippen LogP contribution in [0, 0.1) is 24.7 Å². The number of carbonyl (C=O) groups excluding carboxylic acids is 1. The molecule has 6 unspecified atom stereocenters. The zero-order valence-corrected chi connectivity index (χ0v) is 15.8. The third kappa shape index (κ3) is 1.99. The number of hydrogen-bond acceptors (Lipinski definition) is 4. The molecule has 4 heteroatoms. The van der Waals surface area contributed by atoms with Crippen LogP contribution in [0.1, 0.15) is 56.3 Å². The molecule has 4 nitrogen and oxygen atoms in total. The van der Waals surface area contributed by atoms with Crippen LogP contribution in [0.5, 0.6) is 0 Å². The number of rotatable bonds is 2. The maximum Gasteiger partial charge on any atom is 0.333 e. The van der Waals surface area contributed by atoms with Crippen LogP contribution in [0.2, 0.25) is 0 Å². The standard InChI is InChI=1S/C22H27NO3/c1-13-7-6-9-18(23-13)17-11-14-16-8-4-5-10-22(16)12-15(20(24)25-3)19(14)21(17,2)26-22/h6-7,9,12,14,16-17,19H,4-5,8,10-11H2,1-3H3. The molecule has 1 saturated heterocycles. The number of ether oxygens (including phenoxy) is 2. The summed E-state index contributed by atoms with van der Waals surface area (Å²) in [6.45, 7) is 4.26. The molecule has 2 aliphatic heterocycles. The van der Waals surface area contributed by atoms with Crippen LogP contribution in [0.4, 0.5) is 0 Å². The summed E-state index contributed by atoms with van der Waals surface area (Å²) in [5.41, 5.74) is 2.35. The Labute approximate surface area is 155 Å². The second-order valence-corrected chi connectivity index (χ2v) is 8.82. The van der Waals surface area contributed by atoms with Gasteiger partial charge in [0, 0.05) is 28.8 Å². The third-order valence-corrected chi connectivity index (χ3v) is 7.56. The van der Waals surface area contributed by atoms with Crippen molar-refractivity contribution in [2.24, 2.45) is 17.8 Å². The average Bonchev–Trinajstić information content (AvgIpc) is 2.89. The minimum atomic E-state index is -0.377. The van der Waals surface area contributed by atoms with Gasteiger partial charge >= 0.3 is 5.97 Å². The number of hydrogen-bond donors (Lipinski definition) is 0. The first-order valence-electron chi connectivity index (χ1n) is 9.93. The van der Waals surface area contributed by atoms with E-state index in [0.717, 1.165) is 29.8 Å². The largest absolute Gasteiger partial charge is 0.466 e. The minimum absolute atomic E-state index is 0.118. The van der Waals surface area contributed by atoms with E-state index < -0.39 is 0 Å². The molecule has 26 heavy (non-hydrogen) atoms. The Bertz CT molecular complexity index is 802. The Morgan fingerprint density at radius 2 is 2.19 bits per heavy atom. The van der Waals surface area contributed by atoms with E-state index in [1.54, 1.807) is 0 Å². The highest BCUT2D eigenvalue weighted by Crippen LogP contribution is 2.69. The van der Waals surface area contributed by atoms with E-state index in [1.807, 2.05) is 13.0 Å². The lowest BCUT2D eigenvalue weighted by Crippen LogP contribution is -2.63. The quantitative estimate of drug-likeness (QED) is 0.756. The maximum atomic E-state index is 12.6. The number of methoxy groups -OCH3 is 1. The highest BCUT2D eigenvalue weighted by Gasteiger charge is 2.70. The van der Waals surface area contributed by atoms with Crippen molar-refractivity contribution in [1.29, 1.82) is 0 Å². The normalized spacial score (nSPS) is 43.0. The van der Waals surface area contributed by atoms with Crippen molar-refractivity contribution in [2.75, 3.05) is 7.11 Å². The molecule has 2 saturated carbocycles. The van der Waals surface area contributed by atoms with E-state index in [4.69, 9.17) is 14.5 Å².